The van der Waals surface area contributed by atoms with Gasteiger partial charge in [-0.15, -0.1) is 0 Å². The van der Waals surface area contributed by atoms with Crippen molar-refractivity contribution >= 4 is 27.8 Å². The highest BCUT2D eigenvalue weighted by atomic mass is 15.1. The molecule has 10 aromatic rings. The number of hydrogen-bond donors (Lipinski definition) is 0. The number of benzene rings is 10. The number of nitrogens with zero attached hydrogens (tertiary/aromatic N) is 1. The summed E-state index contributed by atoms with van der Waals surface area (Å²) < 4.78 is 0. The maximum Gasteiger partial charge on any atom is 0.0719 e. The summed E-state index contributed by atoms with van der Waals surface area (Å²) in [4.78, 5) is 2.47. The van der Waals surface area contributed by atoms with Gasteiger partial charge in [0.1, 0.15) is 0 Å². The third kappa shape index (κ3) is 6.51. The van der Waals surface area contributed by atoms with E-state index in [0.717, 1.165) is 17.1 Å². The Bertz CT molecular complexity index is 3550. The van der Waals surface area contributed by atoms with Crippen molar-refractivity contribution in [3.05, 3.63) is 292 Å². The molecule has 0 spiro atoms. The normalized spacial score (nSPS) is 17.0. The molecule has 0 N–H and O–H groups in total. The van der Waals surface area contributed by atoms with Crippen LogP contribution >= 0.6 is 0 Å². The second-order valence-corrected chi connectivity index (χ2v) is 21.3. The van der Waals surface area contributed by atoms with Gasteiger partial charge < -0.3 is 4.90 Å². The first kappa shape index (κ1) is 42.6. The molecule has 10 aromatic carbocycles. The third-order valence-corrected chi connectivity index (χ3v) is 15.4. The molecule has 0 saturated heterocycles. The molecule has 12 rings (SSSR count). The highest BCUT2D eigenvalue weighted by Crippen LogP contribution is 2.60. The van der Waals surface area contributed by atoms with Crippen molar-refractivity contribution in [3.63, 3.8) is 0 Å². The minimum absolute atomic E-state index is 0.0322. The van der Waals surface area contributed by atoms with Crippen molar-refractivity contribution in [2.75, 3.05) is 4.90 Å². The minimum Gasteiger partial charge on any atom is -0.310 e. The van der Waals surface area contributed by atoms with Crippen LogP contribution in [0.25, 0.3) is 33.0 Å². The summed E-state index contributed by atoms with van der Waals surface area (Å²) in [6.07, 6.45) is 0. The molecule has 0 aliphatic heterocycles. The van der Waals surface area contributed by atoms with Crippen LogP contribution in [-0.2, 0) is 21.7 Å². The largest absolute Gasteiger partial charge is 0.310 e. The molecule has 0 bridgehead atoms. The van der Waals surface area contributed by atoms with Crippen LogP contribution in [0.2, 0.25) is 0 Å². The van der Waals surface area contributed by atoms with Crippen LogP contribution in [0.1, 0.15) is 97.2 Å². The zero-order chi connectivity index (χ0) is 47.1. The number of anilines is 3. The van der Waals surface area contributed by atoms with E-state index in [4.69, 9.17) is 0 Å². The second-order valence-electron chi connectivity index (χ2n) is 21.3. The van der Waals surface area contributed by atoms with Gasteiger partial charge in [0.2, 0.25) is 0 Å². The van der Waals surface area contributed by atoms with Gasteiger partial charge >= 0.3 is 0 Å². The highest BCUT2D eigenvalue weighted by molar-refractivity contribution is 5.96. The Morgan fingerprint density at radius 1 is 0.290 bits per heavy atom. The van der Waals surface area contributed by atoms with E-state index in [0.29, 0.717) is 0 Å². The van der Waals surface area contributed by atoms with Gasteiger partial charge in [-0.25, -0.2) is 0 Å². The molecular weight excluding hydrogens is 831 g/mol. The summed E-state index contributed by atoms with van der Waals surface area (Å²) in [5.41, 5.74) is 20.3. The molecule has 1 heteroatoms. The van der Waals surface area contributed by atoms with Crippen molar-refractivity contribution < 1.29 is 0 Å². The second kappa shape index (κ2) is 15.9. The smallest absolute Gasteiger partial charge is 0.0719 e. The lowest BCUT2D eigenvalue weighted by Crippen LogP contribution is -2.29. The summed E-state index contributed by atoms with van der Waals surface area (Å²) in [6, 6.07) is 89.5. The summed E-state index contributed by atoms with van der Waals surface area (Å²) in [5.74, 6) is 0. The molecule has 0 fully saturated rings. The Hall–Kier alpha value is -7.74. The average Bonchev–Trinajstić information content (AvgIpc) is 3.84. The Morgan fingerprint density at radius 3 is 1.39 bits per heavy atom. The zero-order valence-corrected chi connectivity index (χ0v) is 40.5. The van der Waals surface area contributed by atoms with Crippen LogP contribution in [-0.4, -0.2) is 0 Å². The summed E-state index contributed by atoms with van der Waals surface area (Å²) in [6.45, 7) is 13.8. The van der Waals surface area contributed by atoms with Crippen LogP contribution < -0.4 is 4.90 Å². The SMILES string of the molecule is CC(C)(C)c1ccc(C2(c3ccccc3)c3ccccc3-c3ccc(N(c4ccccc4)c4ccc5c(c4)-c4ccccc4C5(c4ccc(C(C)(C)C)cc4)c4cccc5ccccc45)cc32)cc1. The molecule has 0 aromatic heterocycles. The molecule has 334 valence electrons. The van der Waals surface area contributed by atoms with Crippen molar-refractivity contribution in [1.82, 2.24) is 0 Å². The molecule has 0 amide bonds. The maximum atomic E-state index is 2.49. The zero-order valence-electron chi connectivity index (χ0n) is 40.5. The van der Waals surface area contributed by atoms with E-state index >= 15 is 0 Å². The Kier molecular flexibility index (Phi) is 9.84. The van der Waals surface area contributed by atoms with Gasteiger partial charge in [0.15, 0.2) is 0 Å². The van der Waals surface area contributed by atoms with Gasteiger partial charge in [0.25, 0.3) is 0 Å². The fourth-order valence-electron chi connectivity index (χ4n) is 12.1. The quantitative estimate of drug-likeness (QED) is 0.154. The molecule has 2 aliphatic rings. The van der Waals surface area contributed by atoms with E-state index in [1.807, 2.05) is 0 Å². The van der Waals surface area contributed by atoms with Crippen molar-refractivity contribution in [1.29, 1.82) is 0 Å². The van der Waals surface area contributed by atoms with Crippen molar-refractivity contribution in [3.8, 4) is 22.3 Å². The first-order valence-electron chi connectivity index (χ1n) is 24.6. The van der Waals surface area contributed by atoms with Crippen LogP contribution in [0.5, 0.6) is 0 Å². The van der Waals surface area contributed by atoms with Crippen LogP contribution in [0.3, 0.4) is 0 Å². The average molecular weight is 888 g/mol. The lowest BCUT2D eigenvalue weighted by molar-refractivity contribution is 0.589. The Balaban J connectivity index is 1.10. The van der Waals surface area contributed by atoms with E-state index in [1.54, 1.807) is 0 Å². The summed E-state index contributed by atoms with van der Waals surface area (Å²) in [7, 11) is 0. The molecule has 2 atom stereocenters. The lowest BCUT2D eigenvalue weighted by Gasteiger charge is -2.36. The number of fused-ring (bicyclic) bond motifs is 7. The molecular formula is C68H57N. The third-order valence-electron chi connectivity index (χ3n) is 15.4. The molecule has 0 heterocycles. The number of hydrogen-bond acceptors (Lipinski definition) is 1. The standard InChI is InChI=1S/C68H57N/c1-65(2,3)47-32-36-50(37-33-47)67(49-22-9-7-10-23-49)61-29-17-15-27-56(61)58-42-40-54(45-64(58)67)69(52-24-11-8-12-25-52)53-41-43-63-59(44-53)57-28-16-18-30-62(57)68(63,51-38-34-48(35-39-51)66(4,5)6)60-31-19-21-46-20-13-14-26-55(46)60/h7-45H,1-6H3. The fraction of sp³-hybridized carbons (Fsp3) is 0.147. The van der Waals surface area contributed by atoms with Gasteiger partial charge in [-0.1, -0.05) is 242 Å². The molecule has 0 radical (unpaired) electrons. The van der Waals surface area contributed by atoms with E-state index in [-0.39, 0.29) is 10.8 Å². The van der Waals surface area contributed by atoms with E-state index in [1.165, 1.54) is 88.7 Å². The molecule has 69 heavy (non-hydrogen) atoms. The minimum atomic E-state index is -0.559. The maximum absolute atomic E-state index is 2.49. The van der Waals surface area contributed by atoms with Crippen molar-refractivity contribution in [2.45, 2.75) is 63.2 Å². The first-order valence-corrected chi connectivity index (χ1v) is 24.6. The van der Waals surface area contributed by atoms with Gasteiger partial charge in [-0.05, 0) is 136 Å². The van der Waals surface area contributed by atoms with Crippen LogP contribution in [0.15, 0.2) is 237 Å². The Labute approximate surface area is 408 Å². The predicted octanol–water partition coefficient (Wildman–Crippen LogP) is 17.6. The lowest BCUT2D eigenvalue weighted by atomic mass is 9.66. The van der Waals surface area contributed by atoms with Crippen molar-refractivity contribution in [2.24, 2.45) is 0 Å². The highest BCUT2D eigenvalue weighted by Gasteiger charge is 2.48. The van der Waals surface area contributed by atoms with E-state index < -0.39 is 10.8 Å². The molecule has 2 unspecified atom stereocenters. The Morgan fingerprint density at radius 2 is 0.739 bits per heavy atom. The molecule has 0 saturated carbocycles. The molecule has 2 aliphatic carbocycles. The van der Waals surface area contributed by atoms with Gasteiger partial charge in [-0.2, -0.15) is 0 Å². The van der Waals surface area contributed by atoms with E-state index in [2.05, 4.69) is 283 Å². The number of para-hydroxylation sites is 1. The van der Waals surface area contributed by atoms with Crippen LogP contribution in [0, 0.1) is 0 Å². The number of rotatable bonds is 7. The van der Waals surface area contributed by atoms with Gasteiger partial charge in [-0.3, -0.25) is 0 Å². The van der Waals surface area contributed by atoms with Crippen LogP contribution in [0.4, 0.5) is 17.1 Å². The van der Waals surface area contributed by atoms with Gasteiger partial charge in [0.05, 0.1) is 10.8 Å². The monoisotopic (exact) mass is 887 g/mol. The summed E-state index contributed by atoms with van der Waals surface area (Å²) in [5, 5.41) is 2.51. The first-order chi connectivity index (χ1) is 33.5. The van der Waals surface area contributed by atoms with Gasteiger partial charge in [0, 0.05) is 17.1 Å². The fourth-order valence-corrected chi connectivity index (χ4v) is 12.1. The summed E-state index contributed by atoms with van der Waals surface area (Å²) >= 11 is 0. The predicted molar refractivity (Wildman–Crippen MR) is 291 cm³/mol. The molecule has 1 nitrogen and oxygen atoms in total. The van der Waals surface area contributed by atoms with E-state index in [9.17, 15) is 0 Å². The topological polar surface area (TPSA) is 3.24 Å².